The van der Waals surface area contributed by atoms with Gasteiger partial charge in [-0.15, -0.1) is 0 Å². The fourth-order valence-corrected chi connectivity index (χ4v) is 1.63. The molecule has 0 N–H and O–H groups in total. The molecular formula is C26H52N2. The quantitative estimate of drug-likeness (QED) is 0.506. The Labute approximate surface area is 179 Å². The molecule has 0 spiro atoms. The summed E-state index contributed by atoms with van der Waals surface area (Å²) in [5, 5.41) is 0. The Balaban J connectivity index is -0.000000128. The molecule has 0 aliphatic carbocycles. The fourth-order valence-electron chi connectivity index (χ4n) is 1.63. The van der Waals surface area contributed by atoms with Crippen molar-refractivity contribution in [3.63, 3.8) is 0 Å². The highest BCUT2D eigenvalue weighted by molar-refractivity contribution is 5.54. The second-order valence-electron chi connectivity index (χ2n) is 5.75. The van der Waals surface area contributed by atoms with Crippen molar-refractivity contribution in [3.8, 4) is 11.4 Å². The van der Waals surface area contributed by atoms with Crippen LogP contribution in [0.1, 0.15) is 108 Å². The molecular weight excluding hydrogens is 340 g/mol. The van der Waals surface area contributed by atoms with Gasteiger partial charge in [0.25, 0.3) is 0 Å². The van der Waals surface area contributed by atoms with Crippen LogP contribution < -0.4 is 0 Å². The minimum absolute atomic E-state index is 0. The van der Waals surface area contributed by atoms with Gasteiger partial charge in [-0.3, -0.25) is 0 Å². The first-order valence-corrected chi connectivity index (χ1v) is 9.58. The maximum Gasteiger partial charge on any atom is 0.159 e. The van der Waals surface area contributed by atoms with E-state index in [-0.39, 0.29) is 29.7 Å². The van der Waals surface area contributed by atoms with E-state index in [1.165, 1.54) is 25.7 Å². The number of hydrogen-bond donors (Lipinski definition) is 0. The molecule has 1 heterocycles. The summed E-state index contributed by atoms with van der Waals surface area (Å²) in [5.41, 5.74) is 3.32. The molecule has 0 aliphatic heterocycles. The van der Waals surface area contributed by atoms with Crippen LogP contribution >= 0.6 is 0 Å². The molecule has 2 nitrogen and oxygen atoms in total. The van der Waals surface area contributed by atoms with Crippen LogP contribution in [-0.2, 0) is 12.8 Å². The monoisotopic (exact) mass is 392 g/mol. The van der Waals surface area contributed by atoms with Crippen molar-refractivity contribution in [2.45, 2.75) is 110 Å². The Kier molecular flexibility index (Phi) is 33.5. The Morgan fingerprint density at radius 3 is 1.21 bits per heavy atom. The van der Waals surface area contributed by atoms with Crippen LogP contribution in [0.5, 0.6) is 0 Å². The predicted octanol–water partition coefficient (Wildman–Crippen LogP) is 9.43. The minimum atomic E-state index is 0. The van der Waals surface area contributed by atoms with E-state index in [2.05, 4.69) is 57.6 Å². The van der Waals surface area contributed by atoms with Crippen molar-refractivity contribution in [1.82, 2.24) is 9.97 Å². The van der Waals surface area contributed by atoms with Gasteiger partial charge in [0.05, 0.1) is 0 Å². The smallest absolute Gasteiger partial charge is 0.159 e. The predicted molar refractivity (Wildman–Crippen MR) is 134 cm³/mol. The van der Waals surface area contributed by atoms with Crippen LogP contribution in [0.2, 0.25) is 0 Å². The molecule has 2 heteroatoms. The molecule has 0 fully saturated rings. The van der Waals surface area contributed by atoms with Crippen molar-refractivity contribution < 1.29 is 0 Å². The lowest BCUT2D eigenvalue weighted by molar-refractivity contribution is 0.886. The molecule has 28 heavy (non-hydrogen) atoms. The van der Waals surface area contributed by atoms with Crippen molar-refractivity contribution in [1.29, 1.82) is 0 Å². The number of nitrogens with zero attached hydrogens (tertiary/aromatic N) is 2. The van der Waals surface area contributed by atoms with Crippen LogP contribution in [0.25, 0.3) is 11.4 Å². The van der Waals surface area contributed by atoms with E-state index in [4.69, 9.17) is 0 Å². The highest BCUT2D eigenvalue weighted by Crippen LogP contribution is 2.15. The zero-order valence-corrected chi connectivity index (χ0v) is 16.6. The van der Waals surface area contributed by atoms with E-state index in [1.807, 2.05) is 30.3 Å². The van der Waals surface area contributed by atoms with Gasteiger partial charge in [-0.1, -0.05) is 127 Å². The zero-order valence-electron chi connectivity index (χ0n) is 16.6. The van der Waals surface area contributed by atoms with Gasteiger partial charge in [-0.2, -0.15) is 0 Å². The fraction of sp³-hybridized carbons (Fsp3) is 0.615. The lowest BCUT2D eigenvalue weighted by atomic mass is 10.2. The standard InChI is InChI=1S/C14H16N2.2C4H10.4CH4/c1-3-12-10-13(4-2)16-14(15-12)11-8-6-5-7-9-11;2*1-3-4-2;;;;/h5-10H,3-4H2,1-2H3;2*3-4H2,1-2H3;4*1H4. The molecule has 0 saturated carbocycles. The SMILES string of the molecule is C.C.C.C.CCCC.CCCC.CCc1cc(CC)nc(-c2ccccc2)n1. The third-order valence-corrected chi connectivity index (χ3v) is 3.59. The Morgan fingerprint density at radius 2 is 0.929 bits per heavy atom. The zero-order chi connectivity index (χ0) is 18.2. The third kappa shape index (κ3) is 16.5. The number of hydrogen-bond acceptors (Lipinski definition) is 2. The molecule has 0 saturated heterocycles. The molecule has 0 unspecified atom stereocenters. The van der Waals surface area contributed by atoms with Crippen LogP contribution in [-0.4, -0.2) is 9.97 Å². The molecule has 0 aliphatic rings. The normalized spacial score (nSPS) is 8.07. The van der Waals surface area contributed by atoms with Gasteiger partial charge in [0, 0.05) is 17.0 Å². The second-order valence-corrected chi connectivity index (χ2v) is 5.75. The Morgan fingerprint density at radius 1 is 0.571 bits per heavy atom. The van der Waals surface area contributed by atoms with E-state index in [0.717, 1.165) is 35.6 Å². The summed E-state index contributed by atoms with van der Waals surface area (Å²) < 4.78 is 0. The van der Waals surface area contributed by atoms with Crippen molar-refractivity contribution >= 4 is 0 Å². The van der Waals surface area contributed by atoms with Gasteiger partial charge in [0.1, 0.15) is 0 Å². The lowest BCUT2D eigenvalue weighted by Crippen LogP contribution is -1.98. The number of unbranched alkanes of at least 4 members (excludes halogenated alkanes) is 2. The first kappa shape index (κ1) is 37.1. The summed E-state index contributed by atoms with van der Waals surface area (Å²) >= 11 is 0. The van der Waals surface area contributed by atoms with Crippen molar-refractivity contribution in [2.24, 2.45) is 0 Å². The van der Waals surface area contributed by atoms with Crippen LogP contribution in [0, 0.1) is 0 Å². The number of aryl methyl sites for hydroxylation is 2. The van der Waals surface area contributed by atoms with Gasteiger partial charge in [-0.25, -0.2) is 9.97 Å². The summed E-state index contributed by atoms with van der Waals surface area (Å²) in [6.45, 7) is 13.0. The largest absolute Gasteiger partial charge is 0.233 e. The first-order valence-electron chi connectivity index (χ1n) is 9.58. The van der Waals surface area contributed by atoms with Gasteiger partial charge in [0.15, 0.2) is 5.82 Å². The third-order valence-electron chi connectivity index (χ3n) is 3.59. The van der Waals surface area contributed by atoms with Gasteiger partial charge < -0.3 is 0 Å². The summed E-state index contributed by atoms with van der Waals surface area (Å²) in [5.74, 6) is 0.844. The summed E-state index contributed by atoms with van der Waals surface area (Å²) in [4.78, 5) is 9.12. The van der Waals surface area contributed by atoms with Gasteiger partial charge in [0.2, 0.25) is 0 Å². The van der Waals surface area contributed by atoms with Crippen molar-refractivity contribution in [2.75, 3.05) is 0 Å². The van der Waals surface area contributed by atoms with E-state index in [9.17, 15) is 0 Å². The Hall–Kier alpha value is -1.70. The van der Waals surface area contributed by atoms with E-state index >= 15 is 0 Å². The van der Waals surface area contributed by atoms with Gasteiger partial charge >= 0.3 is 0 Å². The van der Waals surface area contributed by atoms with Crippen molar-refractivity contribution in [3.05, 3.63) is 47.8 Å². The lowest BCUT2D eigenvalue weighted by Gasteiger charge is -2.05. The van der Waals surface area contributed by atoms with E-state index in [1.54, 1.807) is 0 Å². The summed E-state index contributed by atoms with van der Waals surface area (Å²) in [7, 11) is 0. The second kappa shape index (κ2) is 25.3. The van der Waals surface area contributed by atoms with Gasteiger partial charge in [-0.05, 0) is 18.9 Å². The molecule has 0 amide bonds. The van der Waals surface area contributed by atoms with Crippen LogP contribution in [0.15, 0.2) is 36.4 Å². The first-order chi connectivity index (χ1) is 11.7. The maximum atomic E-state index is 4.56. The maximum absolute atomic E-state index is 4.56. The molecule has 0 bridgehead atoms. The molecule has 2 rings (SSSR count). The average Bonchev–Trinajstić information content (AvgIpc) is 2.68. The van der Waals surface area contributed by atoms with Crippen LogP contribution in [0.3, 0.4) is 0 Å². The number of aromatic nitrogens is 2. The molecule has 0 atom stereocenters. The highest BCUT2D eigenvalue weighted by atomic mass is 14.9. The summed E-state index contributed by atoms with van der Waals surface area (Å²) in [6, 6.07) is 12.2. The molecule has 2 aromatic rings. The molecule has 166 valence electrons. The van der Waals surface area contributed by atoms with Crippen LogP contribution in [0.4, 0.5) is 0 Å². The van der Waals surface area contributed by atoms with E-state index in [0.29, 0.717) is 0 Å². The average molecular weight is 393 g/mol. The van der Waals surface area contributed by atoms with E-state index < -0.39 is 0 Å². The Bertz CT molecular complexity index is 491. The molecule has 1 aromatic heterocycles. The molecule has 1 aromatic carbocycles. The number of benzene rings is 1. The summed E-state index contributed by atoms with van der Waals surface area (Å²) in [6.07, 6.45) is 7.19. The number of rotatable bonds is 5. The molecule has 0 radical (unpaired) electrons. The highest BCUT2D eigenvalue weighted by Gasteiger charge is 2.04. The minimum Gasteiger partial charge on any atom is -0.233 e. The topological polar surface area (TPSA) is 25.8 Å².